The standard InChI is InChI=1S/C21H23ClF3N3O2S/c1-5-28(4)13-26-18-10-14(3)19(12-17(18)22)31(30,6-2)27-20(29)15-8-7-9-16(11-15)21(23,24)25/h7-13H,5-6H2,1-4H3/b26-13+. The van der Waals surface area contributed by atoms with Gasteiger partial charge in [0.05, 0.1) is 37.2 Å². The molecule has 0 saturated carbocycles. The quantitative estimate of drug-likeness (QED) is 0.384. The van der Waals surface area contributed by atoms with Gasteiger partial charge in [-0.05, 0) is 49.7 Å². The summed E-state index contributed by atoms with van der Waals surface area (Å²) in [4.78, 5) is 19.0. The molecule has 0 spiro atoms. The summed E-state index contributed by atoms with van der Waals surface area (Å²) in [7, 11) is -1.41. The summed E-state index contributed by atoms with van der Waals surface area (Å²) in [5, 5.41) is 0.226. The van der Waals surface area contributed by atoms with Gasteiger partial charge in [-0.15, -0.1) is 0 Å². The number of alkyl halides is 3. The molecule has 0 aliphatic rings. The summed E-state index contributed by atoms with van der Waals surface area (Å²) in [6, 6.07) is 6.96. The molecule has 0 aliphatic heterocycles. The molecular formula is C21H23ClF3N3O2S. The van der Waals surface area contributed by atoms with Crippen LogP contribution in [0.15, 0.2) is 50.6 Å². The monoisotopic (exact) mass is 473 g/mol. The van der Waals surface area contributed by atoms with Crippen molar-refractivity contribution in [2.45, 2.75) is 31.8 Å². The molecule has 0 radical (unpaired) electrons. The Morgan fingerprint density at radius 1 is 1.23 bits per heavy atom. The average Bonchev–Trinajstić information content (AvgIpc) is 2.73. The predicted octanol–water partition coefficient (Wildman–Crippen LogP) is 5.97. The third-order valence-electron chi connectivity index (χ3n) is 4.54. The molecule has 0 aromatic heterocycles. The van der Waals surface area contributed by atoms with Gasteiger partial charge in [-0.1, -0.05) is 24.6 Å². The first-order chi connectivity index (χ1) is 14.4. The van der Waals surface area contributed by atoms with Crippen molar-refractivity contribution in [3.63, 3.8) is 0 Å². The third kappa shape index (κ3) is 6.07. The van der Waals surface area contributed by atoms with Crippen LogP contribution in [0.25, 0.3) is 0 Å². The van der Waals surface area contributed by atoms with Crippen LogP contribution in [0.4, 0.5) is 18.9 Å². The van der Waals surface area contributed by atoms with Crippen LogP contribution in [-0.2, 0) is 15.9 Å². The second-order valence-corrected chi connectivity index (χ2v) is 9.68. The van der Waals surface area contributed by atoms with E-state index in [1.54, 1.807) is 26.3 Å². The Hall–Kier alpha value is -2.39. The Morgan fingerprint density at radius 2 is 1.90 bits per heavy atom. The van der Waals surface area contributed by atoms with Crippen molar-refractivity contribution in [1.29, 1.82) is 0 Å². The SMILES string of the molecule is CCN(C)/C=N/c1cc(C)c(S(=O)(CC)=NC(=O)c2cccc(C(F)(F)F)c2)cc1Cl. The minimum absolute atomic E-state index is 0.0178. The Kier molecular flexibility index (Phi) is 7.88. The topological polar surface area (TPSA) is 62.1 Å². The number of carbonyl (C=O) groups excluding carboxylic acids is 1. The molecule has 0 fully saturated rings. The van der Waals surface area contributed by atoms with Crippen LogP contribution in [0.5, 0.6) is 0 Å². The van der Waals surface area contributed by atoms with E-state index < -0.39 is 27.4 Å². The Morgan fingerprint density at radius 3 is 2.48 bits per heavy atom. The molecule has 5 nitrogen and oxygen atoms in total. The molecule has 0 N–H and O–H groups in total. The largest absolute Gasteiger partial charge is 0.416 e. The van der Waals surface area contributed by atoms with E-state index in [4.69, 9.17) is 11.6 Å². The summed E-state index contributed by atoms with van der Waals surface area (Å²) in [6.07, 6.45) is -2.99. The van der Waals surface area contributed by atoms with Crippen LogP contribution in [0.3, 0.4) is 0 Å². The van der Waals surface area contributed by atoms with Gasteiger partial charge in [0.2, 0.25) is 0 Å². The van der Waals surface area contributed by atoms with E-state index in [1.807, 2.05) is 18.9 Å². The number of aliphatic imine (C=N–C) groups is 1. The van der Waals surface area contributed by atoms with Gasteiger partial charge in [0.25, 0.3) is 5.91 Å². The van der Waals surface area contributed by atoms with Crippen LogP contribution in [0.1, 0.15) is 35.3 Å². The van der Waals surface area contributed by atoms with Crippen LogP contribution < -0.4 is 0 Å². The van der Waals surface area contributed by atoms with Gasteiger partial charge in [0.1, 0.15) is 0 Å². The molecule has 2 aromatic carbocycles. The summed E-state index contributed by atoms with van der Waals surface area (Å²) in [5.74, 6) is -1.00. The summed E-state index contributed by atoms with van der Waals surface area (Å²) >= 11 is 6.31. The van der Waals surface area contributed by atoms with Crippen molar-refractivity contribution < 1.29 is 22.2 Å². The number of hydrogen-bond donors (Lipinski definition) is 0. The van der Waals surface area contributed by atoms with E-state index in [0.717, 1.165) is 18.7 Å². The van der Waals surface area contributed by atoms with E-state index in [1.165, 1.54) is 12.1 Å². The Balaban J connectivity index is 2.51. The van der Waals surface area contributed by atoms with Crippen molar-refractivity contribution in [1.82, 2.24) is 4.90 Å². The summed E-state index contributed by atoms with van der Waals surface area (Å²) < 4.78 is 56.2. The molecule has 10 heteroatoms. The fourth-order valence-electron chi connectivity index (χ4n) is 2.62. The van der Waals surface area contributed by atoms with E-state index >= 15 is 0 Å². The molecule has 1 amide bonds. The van der Waals surface area contributed by atoms with Gasteiger partial charge in [-0.2, -0.15) is 17.5 Å². The smallest absolute Gasteiger partial charge is 0.366 e. The van der Waals surface area contributed by atoms with Gasteiger partial charge < -0.3 is 4.90 Å². The second kappa shape index (κ2) is 9.82. The van der Waals surface area contributed by atoms with Crippen molar-refractivity contribution >= 4 is 39.3 Å². The van der Waals surface area contributed by atoms with Gasteiger partial charge in [-0.25, -0.2) is 9.20 Å². The van der Waals surface area contributed by atoms with Gasteiger partial charge >= 0.3 is 6.18 Å². The molecule has 31 heavy (non-hydrogen) atoms. The zero-order chi connectivity index (χ0) is 23.4. The molecule has 0 bridgehead atoms. The lowest BCUT2D eigenvalue weighted by molar-refractivity contribution is -0.137. The molecule has 168 valence electrons. The van der Waals surface area contributed by atoms with Crippen LogP contribution in [-0.4, -0.2) is 40.7 Å². The lowest BCUT2D eigenvalue weighted by atomic mass is 10.1. The molecule has 0 aliphatic carbocycles. The van der Waals surface area contributed by atoms with Crippen molar-refractivity contribution in [2.24, 2.45) is 9.36 Å². The molecule has 0 saturated heterocycles. The van der Waals surface area contributed by atoms with Crippen molar-refractivity contribution in [3.8, 4) is 0 Å². The van der Waals surface area contributed by atoms with Crippen LogP contribution in [0, 0.1) is 6.92 Å². The zero-order valence-electron chi connectivity index (χ0n) is 17.5. The highest BCUT2D eigenvalue weighted by Gasteiger charge is 2.31. The van der Waals surface area contributed by atoms with Crippen molar-refractivity contribution in [3.05, 3.63) is 58.1 Å². The van der Waals surface area contributed by atoms with Crippen LogP contribution >= 0.6 is 11.6 Å². The maximum atomic E-state index is 13.5. The third-order valence-corrected chi connectivity index (χ3v) is 7.21. The average molecular weight is 474 g/mol. The number of hydrogen-bond acceptors (Lipinski definition) is 3. The number of rotatable bonds is 6. The maximum absolute atomic E-state index is 13.5. The van der Waals surface area contributed by atoms with E-state index in [0.29, 0.717) is 17.3 Å². The lowest BCUT2D eigenvalue weighted by Gasteiger charge is -2.14. The first-order valence-corrected chi connectivity index (χ1v) is 11.5. The minimum Gasteiger partial charge on any atom is -0.366 e. The highest BCUT2D eigenvalue weighted by Crippen LogP contribution is 2.33. The summed E-state index contributed by atoms with van der Waals surface area (Å²) in [6.45, 7) is 5.98. The van der Waals surface area contributed by atoms with E-state index in [2.05, 4.69) is 9.36 Å². The number of halogens is 4. The number of nitrogens with zero attached hydrogens (tertiary/aromatic N) is 3. The fraction of sp³-hybridized carbons (Fsp3) is 0.333. The Labute approximate surface area is 185 Å². The van der Waals surface area contributed by atoms with Gasteiger partial charge in [-0.3, -0.25) is 4.79 Å². The Bertz CT molecular complexity index is 1120. The fourth-order valence-corrected chi connectivity index (χ4v) is 4.67. The number of aryl methyl sites for hydroxylation is 1. The van der Waals surface area contributed by atoms with Gasteiger partial charge in [0.15, 0.2) is 0 Å². The number of carbonyl (C=O) groups is 1. The molecule has 1 unspecified atom stereocenters. The number of benzene rings is 2. The maximum Gasteiger partial charge on any atom is 0.416 e. The molecule has 2 rings (SSSR count). The minimum atomic E-state index is -4.60. The second-order valence-electron chi connectivity index (χ2n) is 6.79. The highest BCUT2D eigenvalue weighted by molar-refractivity contribution is 7.94. The van der Waals surface area contributed by atoms with Gasteiger partial charge in [0, 0.05) is 24.9 Å². The first kappa shape index (κ1) is 24.9. The predicted molar refractivity (Wildman–Crippen MR) is 118 cm³/mol. The van der Waals surface area contributed by atoms with Crippen molar-refractivity contribution in [2.75, 3.05) is 19.3 Å². The molecule has 1 atom stereocenters. The molecule has 2 aromatic rings. The number of amides is 1. The summed E-state index contributed by atoms with van der Waals surface area (Å²) in [5.41, 5.74) is -0.243. The molecular weight excluding hydrogens is 451 g/mol. The van der Waals surface area contributed by atoms with Crippen LogP contribution in [0.2, 0.25) is 5.02 Å². The highest BCUT2D eigenvalue weighted by atomic mass is 35.5. The van der Waals surface area contributed by atoms with E-state index in [9.17, 15) is 22.2 Å². The zero-order valence-corrected chi connectivity index (χ0v) is 19.1. The van der Waals surface area contributed by atoms with E-state index in [-0.39, 0.29) is 21.2 Å². The lowest BCUT2D eigenvalue weighted by Crippen LogP contribution is -2.14. The first-order valence-electron chi connectivity index (χ1n) is 9.42. The normalized spacial score (nSPS) is 13.8. The molecule has 0 heterocycles.